The van der Waals surface area contributed by atoms with E-state index in [4.69, 9.17) is 5.11 Å². The molecule has 2 rings (SSSR count). The molecule has 0 saturated heterocycles. The van der Waals surface area contributed by atoms with Gasteiger partial charge in [-0.25, -0.2) is 0 Å². The normalized spacial score (nSPS) is 10.6. The van der Waals surface area contributed by atoms with Crippen molar-refractivity contribution in [2.45, 2.75) is 32.9 Å². The molecule has 0 aliphatic rings. The van der Waals surface area contributed by atoms with Crippen molar-refractivity contribution in [2.75, 3.05) is 13.2 Å². The van der Waals surface area contributed by atoms with Crippen molar-refractivity contribution >= 4 is 23.3 Å². The summed E-state index contributed by atoms with van der Waals surface area (Å²) in [4.78, 5) is 0. The van der Waals surface area contributed by atoms with Gasteiger partial charge in [0.2, 0.25) is 0 Å². The number of aromatic nitrogens is 1. The van der Waals surface area contributed by atoms with E-state index in [1.165, 1.54) is 16.5 Å². The summed E-state index contributed by atoms with van der Waals surface area (Å²) in [5.74, 6) is 0. The molecule has 0 saturated carbocycles. The van der Waals surface area contributed by atoms with Crippen molar-refractivity contribution in [2.24, 2.45) is 0 Å². The van der Waals surface area contributed by atoms with Crippen LogP contribution in [0.4, 0.5) is 0 Å². The van der Waals surface area contributed by atoms with E-state index >= 15 is 0 Å². The molecule has 1 aromatic carbocycles. The number of rotatable bonds is 7. The predicted octanol–water partition coefficient (Wildman–Crippen LogP) is 2.95. The van der Waals surface area contributed by atoms with Gasteiger partial charge in [-0.2, -0.15) is 0 Å². The fourth-order valence-electron chi connectivity index (χ4n) is 2.32. The molecule has 1 aromatic heterocycles. The average molecular weight is 283 g/mol. The van der Waals surface area contributed by atoms with Crippen LogP contribution < -0.4 is 5.32 Å². The van der Waals surface area contributed by atoms with Gasteiger partial charge in [0, 0.05) is 36.8 Å². The van der Waals surface area contributed by atoms with E-state index in [0.29, 0.717) is 0 Å². The molecular weight excluding hydrogens is 260 g/mol. The zero-order chi connectivity index (χ0) is 12.8. The van der Waals surface area contributed by atoms with Gasteiger partial charge >= 0.3 is 0 Å². The lowest BCUT2D eigenvalue weighted by atomic mass is 10.2. The molecule has 0 bridgehead atoms. The quantitative estimate of drug-likeness (QED) is 0.766. The molecule has 1 heterocycles. The lowest BCUT2D eigenvalue weighted by Crippen LogP contribution is -2.15. The number of nitrogens with zero attached hydrogens (tertiary/aromatic N) is 1. The number of hydrogen-bond acceptors (Lipinski definition) is 2. The summed E-state index contributed by atoms with van der Waals surface area (Å²) in [6, 6.07) is 8.56. The minimum Gasteiger partial charge on any atom is -0.396 e. The lowest BCUT2D eigenvalue weighted by Gasteiger charge is -2.01. The van der Waals surface area contributed by atoms with Crippen molar-refractivity contribution in [3.05, 3.63) is 36.0 Å². The zero-order valence-corrected chi connectivity index (χ0v) is 12.2. The second-order valence-electron chi connectivity index (χ2n) is 4.62. The third-order valence-electron chi connectivity index (χ3n) is 3.16. The van der Waals surface area contributed by atoms with Gasteiger partial charge in [-0.15, -0.1) is 12.4 Å². The van der Waals surface area contributed by atoms with Crippen LogP contribution in [0.15, 0.2) is 30.5 Å². The van der Waals surface area contributed by atoms with E-state index in [9.17, 15) is 0 Å². The molecule has 0 atom stereocenters. The van der Waals surface area contributed by atoms with Crippen molar-refractivity contribution in [1.82, 2.24) is 9.88 Å². The number of aliphatic hydroxyl groups is 1. The summed E-state index contributed by atoms with van der Waals surface area (Å²) in [6.07, 6.45) is 4.21. The van der Waals surface area contributed by atoms with Crippen LogP contribution in [0.2, 0.25) is 0 Å². The van der Waals surface area contributed by atoms with E-state index in [2.05, 4.69) is 47.3 Å². The van der Waals surface area contributed by atoms with Crippen LogP contribution >= 0.6 is 12.4 Å². The highest BCUT2D eigenvalue weighted by atomic mass is 35.5. The first-order valence-electron chi connectivity index (χ1n) is 6.75. The fourth-order valence-corrected chi connectivity index (χ4v) is 2.32. The Balaban J connectivity index is 0.00000180. The number of nitrogens with one attached hydrogen (secondary N) is 1. The monoisotopic (exact) mass is 282 g/mol. The molecule has 19 heavy (non-hydrogen) atoms. The maximum absolute atomic E-state index is 8.77. The summed E-state index contributed by atoms with van der Waals surface area (Å²) in [6.45, 7) is 5.26. The number of benzene rings is 1. The van der Waals surface area contributed by atoms with E-state index in [1.54, 1.807) is 0 Å². The smallest absolute Gasteiger partial charge is 0.0483 e. The molecule has 0 fully saturated rings. The van der Waals surface area contributed by atoms with Crippen LogP contribution in [0.3, 0.4) is 0 Å². The summed E-state index contributed by atoms with van der Waals surface area (Å²) < 4.78 is 2.33. The van der Waals surface area contributed by atoms with Gasteiger partial charge in [0.15, 0.2) is 0 Å². The van der Waals surface area contributed by atoms with Gasteiger partial charge < -0.3 is 15.0 Å². The number of para-hydroxylation sites is 1. The van der Waals surface area contributed by atoms with Gasteiger partial charge in [0.05, 0.1) is 0 Å². The molecule has 4 heteroatoms. The Kier molecular flexibility index (Phi) is 6.92. The highest BCUT2D eigenvalue weighted by molar-refractivity contribution is 5.85. The van der Waals surface area contributed by atoms with Crippen molar-refractivity contribution in [1.29, 1.82) is 0 Å². The highest BCUT2D eigenvalue weighted by Crippen LogP contribution is 2.21. The minimum absolute atomic E-state index is 0. The molecule has 0 spiro atoms. The SMILES string of the molecule is CCCn1cc(CNCCCO)c2ccccc21.Cl. The number of aryl methyl sites for hydroxylation is 1. The highest BCUT2D eigenvalue weighted by Gasteiger charge is 2.06. The van der Waals surface area contributed by atoms with Crippen LogP contribution in [-0.2, 0) is 13.1 Å². The third kappa shape index (κ3) is 3.96. The van der Waals surface area contributed by atoms with Crippen LogP contribution in [-0.4, -0.2) is 22.8 Å². The van der Waals surface area contributed by atoms with Crippen molar-refractivity contribution in [3.63, 3.8) is 0 Å². The Morgan fingerprint density at radius 2 is 2.05 bits per heavy atom. The third-order valence-corrected chi connectivity index (χ3v) is 3.16. The molecule has 0 aliphatic heterocycles. The summed E-state index contributed by atoms with van der Waals surface area (Å²) in [5, 5.41) is 13.5. The Morgan fingerprint density at radius 1 is 1.26 bits per heavy atom. The van der Waals surface area contributed by atoms with E-state index < -0.39 is 0 Å². The Morgan fingerprint density at radius 3 is 2.79 bits per heavy atom. The number of aliphatic hydroxyl groups excluding tert-OH is 1. The zero-order valence-electron chi connectivity index (χ0n) is 11.4. The molecule has 0 aliphatic carbocycles. The fraction of sp³-hybridized carbons (Fsp3) is 0.467. The average Bonchev–Trinajstić information content (AvgIpc) is 2.74. The minimum atomic E-state index is 0. The standard InChI is InChI=1S/C15H22N2O.ClH/c1-2-9-17-12-13(11-16-8-5-10-18)14-6-3-4-7-15(14)17;/h3-4,6-7,12,16,18H,2,5,8-11H2,1H3;1H. The first-order chi connectivity index (χ1) is 8.86. The summed E-state index contributed by atoms with van der Waals surface area (Å²) in [5.41, 5.74) is 2.66. The topological polar surface area (TPSA) is 37.2 Å². The van der Waals surface area contributed by atoms with Crippen LogP contribution in [0.1, 0.15) is 25.3 Å². The van der Waals surface area contributed by atoms with Gasteiger partial charge in [0.25, 0.3) is 0 Å². The molecule has 2 aromatic rings. The predicted molar refractivity (Wildman–Crippen MR) is 82.9 cm³/mol. The number of hydrogen-bond donors (Lipinski definition) is 2. The Bertz CT molecular complexity index is 496. The van der Waals surface area contributed by atoms with Crippen molar-refractivity contribution in [3.8, 4) is 0 Å². The summed E-state index contributed by atoms with van der Waals surface area (Å²) >= 11 is 0. The molecule has 3 nitrogen and oxygen atoms in total. The van der Waals surface area contributed by atoms with Gasteiger partial charge in [-0.3, -0.25) is 0 Å². The molecular formula is C15H23ClN2O. The van der Waals surface area contributed by atoms with Gasteiger partial charge in [-0.05, 0) is 31.0 Å². The Labute approximate surface area is 121 Å². The lowest BCUT2D eigenvalue weighted by molar-refractivity contribution is 0.286. The summed E-state index contributed by atoms with van der Waals surface area (Å²) in [7, 11) is 0. The molecule has 0 unspecified atom stereocenters. The van der Waals surface area contributed by atoms with Crippen LogP contribution in [0, 0.1) is 0 Å². The molecule has 106 valence electrons. The van der Waals surface area contributed by atoms with E-state index in [1.807, 2.05) is 0 Å². The molecule has 0 amide bonds. The number of fused-ring (bicyclic) bond motifs is 1. The van der Waals surface area contributed by atoms with Crippen molar-refractivity contribution < 1.29 is 5.11 Å². The van der Waals surface area contributed by atoms with E-state index in [0.717, 1.165) is 32.5 Å². The second-order valence-corrected chi connectivity index (χ2v) is 4.62. The largest absolute Gasteiger partial charge is 0.396 e. The van der Waals surface area contributed by atoms with E-state index in [-0.39, 0.29) is 19.0 Å². The number of halogens is 1. The second kappa shape index (κ2) is 8.20. The maximum atomic E-state index is 8.77. The molecule has 0 radical (unpaired) electrons. The van der Waals surface area contributed by atoms with Gasteiger partial charge in [-0.1, -0.05) is 25.1 Å². The maximum Gasteiger partial charge on any atom is 0.0483 e. The molecule has 2 N–H and O–H groups in total. The van der Waals surface area contributed by atoms with Crippen LogP contribution in [0.25, 0.3) is 10.9 Å². The first-order valence-corrected chi connectivity index (χ1v) is 6.75. The van der Waals surface area contributed by atoms with Crippen LogP contribution in [0.5, 0.6) is 0 Å². The van der Waals surface area contributed by atoms with Gasteiger partial charge in [0.1, 0.15) is 0 Å². The Hall–Kier alpha value is -1.03. The first kappa shape index (κ1) is 16.0.